The Kier molecular flexibility index (Phi) is 7.85. The van der Waals surface area contributed by atoms with Crippen LogP contribution in [0.1, 0.15) is 83.3 Å². The van der Waals surface area contributed by atoms with Crippen LogP contribution in [0.5, 0.6) is 0 Å². The summed E-state index contributed by atoms with van der Waals surface area (Å²) in [4.78, 5) is 10.5. The Morgan fingerprint density at radius 3 is 2.53 bits per heavy atom. The fourth-order valence-corrected chi connectivity index (χ4v) is 8.07. The molecule has 0 aromatic carbocycles. The fourth-order valence-electron chi connectivity index (χ4n) is 8.07. The SMILES string of the molecule is CN(C)Cc1noc(CCO)n1.CN=C1CC[C@@]2(C)C(CCC3C2CC[C@@]2(C)C3CC[C@@H]2O)C1. The van der Waals surface area contributed by atoms with Crippen molar-refractivity contribution in [3.63, 3.8) is 0 Å². The minimum atomic E-state index is -0.0332. The number of nitrogens with zero attached hydrogens (tertiary/aromatic N) is 4. The van der Waals surface area contributed by atoms with Gasteiger partial charge in [-0.05, 0) is 106 Å². The predicted molar refractivity (Wildman–Crippen MR) is 134 cm³/mol. The van der Waals surface area contributed by atoms with Gasteiger partial charge in [0.25, 0.3) is 0 Å². The quantitative estimate of drug-likeness (QED) is 0.681. The zero-order chi connectivity index (χ0) is 24.5. The van der Waals surface area contributed by atoms with Gasteiger partial charge in [0.15, 0.2) is 5.82 Å². The maximum absolute atomic E-state index is 10.5. The number of rotatable bonds is 4. The summed E-state index contributed by atoms with van der Waals surface area (Å²) in [6, 6.07) is 0. The lowest BCUT2D eigenvalue weighted by molar-refractivity contribution is -0.112. The van der Waals surface area contributed by atoms with Crippen LogP contribution in [0, 0.1) is 34.5 Å². The van der Waals surface area contributed by atoms with Crippen LogP contribution in [0.2, 0.25) is 0 Å². The molecule has 0 saturated heterocycles. The topological polar surface area (TPSA) is 95.0 Å². The van der Waals surface area contributed by atoms with E-state index in [0.717, 1.165) is 30.1 Å². The predicted octanol–water partition coefficient (Wildman–Crippen LogP) is 4.13. The van der Waals surface area contributed by atoms with E-state index in [0.29, 0.717) is 30.1 Å². The van der Waals surface area contributed by atoms with Crippen molar-refractivity contribution in [3.8, 4) is 0 Å². The molecule has 5 rings (SSSR count). The van der Waals surface area contributed by atoms with Crippen molar-refractivity contribution >= 4 is 5.71 Å². The first-order chi connectivity index (χ1) is 16.2. The molecule has 4 saturated carbocycles. The number of fused-ring (bicyclic) bond motifs is 5. The van der Waals surface area contributed by atoms with E-state index in [9.17, 15) is 5.11 Å². The molecule has 7 atom stereocenters. The molecular formula is C27H46N4O3. The minimum Gasteiger partial charge on any atom is -0.396 e. The molecule has 2 N–H and O–H groups in total. The molecule has 4 fully saturated rings. The third-order valence-corrected chi connectivity index (χ3v) is 10.1. The van der Waals surface area contributed by atoms with E-state index in [-0.39, 0.29) is 18.1 Å². The third kappa shape index (κ3) is 4.85. The Balaban J connectivity index is 0.000000195. The average Bonchev–Trinajstić information content (AvgIpc) is 3.37. The summed E-state index contributed by atoms with van der Waals surface area (Å²) >= 11 is 0. The van der Waals surface area contributed by atoms with Crippen LogP contribution in [0.3, 0.4) is 0 Å². The molecule has 1 heterocycles. The molecule has 0 bridgehead atoms. The van der Waals surface area contributed by atoms with Gasteiger partial charge in [-0.15, -0.1) is 0 Å². The fraction of sp³-hybridized carbons (Fsp3) is 0.889. The third-order valence-electron chi connectivity index (χ3n) is 10.1. The van der Waals surface area contributed by atoms with E-state index in [1.807, 2.05) is 26.0 Å². The van der Waals surface area contributed by atoms with Gasteiger partial charge in [-0.2, -0.15) is 4.98 Å². The molecule has 4 unspecified atom stereocenters. The number of aromatic nitrogens is 2. The van der Waals surface area contributed by atoms with Gasteiger partial charge in [-0.1, -0.05) is 19.0 Å². The van der Waals surface area contributed by atoms with Crippen LogP contribution in [-0.2, 0) is 13.0 Å². The highest BCUT2D eigenvalue weighted by Crippen LogP contribution is 2.65. The molecule has 1 aromatic rings. The van der Waals surface area contributed by atoms with Crippen molar-refractivity contribution in [1.82, 2.24) is 15.0 Å². The summed E-state index contributed by atoms with van der Waals surface area (Å²) in [5, 5.41) is 22.8. The first-order valence-corrected chi connectivity index (χ1v) is 13.4. The highest BCUT2D eigenvalue weighted by Gasteiger charge is 2.59. The Morgan fingerprint density at radius 2 is 1.82 bits per heavy atom. The highest BCUT2D eigenvalue weighted by molar-refractivity contribution is 5.85. The van der Waals surface area contributed by atoms with Gasteiger partial charge < -0.3 is 19.6 Å². The summed E-state index contributed by atoms with van der Waals surface area (Å²) in [5.41, 5.74) is 2.25. The lowest BCUT2D eigenvalue weighted by atomic mass is 9.45. The van der Waals surface area contributed by atoms with Crippen molar-refractivity contribution in [1.29, 1.82) is 0 Å². The number of aliphatic imine (C=N–C) groups is 1. The Hall–Kier alpha value is -1.31. The molecular weight excluding hydrogens is 428 g/mol. The van der Waals surface area contributed by atoms with Crippen molar-refractivity contribution in [2.45, 2.75) is 90.7 Å². The first kappa shape index (κ1) is 25.8. The normalized spacial score (nSPS) is 40.4. The second-order valence-corrected chi connectivity index (χ2v) is 12.1. The molecule has 0 aliphatic heterocycles. The maximum Gasteiger partial charge on any atom is 0.229 e. The van der Waals surface area contributed by atoms with Crippen LogP contribution in [0.4, 0.5) is 0 Å². The molecule has 4 aliphatic rings. The van der Waals surface area contributed by atoms with Gasteiger partial charge in [0.05, 0.1) is 25.7 Å². The number of aliphatic hydroxyl groups is 2. The Morgan fingerprint density at radius 1 is 1.06 bits per heavy atom. The number of aliphatic hydroxyl groups excluding tert-OH is 2. The van der Waals surface area contributed by atoms with Crippen LogP contribution in [0.15, 0.2) is 9.52 Å². The summed E-state index contributed by atoms with van der Waals surface area (Å²) in [6.45, 7) is 5.70. The van der Waals surface area contributed by atoms with Crippen molar-refractivity contribution < 1.29 is 14.7 Å². The lowest BCUT2D eigenvalue weighted by Gasteiger charge is -2.60. The highest BCUT2D eigenvalue weighted by atomic mass is 16.5. The van der Waals surface area contributed by atoms with E-state index in [1.54, 1.807) is 0 Å². The van der Waals surface area contributed by atoms with Gasteiger partial charge in [-0.25, -0.2) is 0 Å². The van der Waals surface area contributed by atoms with E-state index in [2.05, 4.69) is 29.0 Å². The summed E-state index contributed by atoms with van der Waals surface area (Å²) in [5.74, 6) is 4.61. The van der Waals surface area contributed by atoms with Crippen molar-refractivity contribution in [2.75, 3.05) is 27.7 Å². The van der Waals surface area contributed by atoms with Gasteiger partial charge >= 0.3 is 0 Å². The zero-order valence-electron chi connectivity index (χ0n) is 22.0. The number of hydrogen-bond acceptors (Lipinski definition) is 7. The molecule has 34 heavy (non-hydrogen) atoms. The molecule has 7 heteroatoms. The molecule has 1 aromatic heterocycles. The number of hydrogen-bond donors (Lipinski definition) is 2. The molecule has 4 aliphatic carbocycles. The second kappa shape index (κ2) is 10.4. The van der Waals surface area contributed by atoms with Crippen molar-refractivity contribution in [3.05, 3.63) is 11.7 Å². The molecule has 0 radical (unpaired) electrons. The largest absolute Gasteiger partial charge is 0.396 e. The van der Waals surface area contributed by atoms with E-state index in [4.69, 9.17) is 9.63 Å². The summed E-state index contributed by atoms with van der Waals surface area (Å²) in [7, 11) is 5.85. The average molecular weight is 475 g/mol. The van der Waals surface area contributed by atoms with E-state index >= 15 is 0 Å². The zero-order valence-corrected chi connectivity index (χ0v) is 22.0. The smallest absolute Gasteiger partial charge is 0.229 e. The van der Waals surface area contributed by atoms with E-state index in [1.165, 1.54) is 57.1 Å². The Labute approximate surface area is 205 Å². The van der Waals surface area contributed by atoms with Gasteiger partial charge in [0.1, 0.15) is 0 Å². The van der Waals surface area contributed by atoms with Gasteiger partial charge in [-0.3, -0.25) is 4.99 Å². The molecule has 192 valence electrons. The van der Waals surface area contributed by atoms with Crippen LogP contribution in [-0.4, -0.2) is 64.8 Å². The van der Waals surface area contributed by atoms with Crippen LogP contribution in [0.25, 0.3) is 0 Å². The second-order valence-electron chi connectivity index (χ2n) is 12.1. The monoisotopic (exact) mass is 474 g/mol. The van der Waals surface area contributed by atoms with Gasteiger partial charge in [0, 0.05) is 12.8 Å². The summed E-state index contributed by atoms with van der Waals surface area (Å²) in [6.07, 6.45) is 12.0. The van der Waals surface area contributed by atoms with Crippen molar-refractivity contribution in [2.24, 2.45) is 39.5 Å². The van der Waals surface area contributed by atoms with Gasteiger partial charge in [0.2, 0.25) is 5.89 Å². The van der Waals surface area contributed by atoms with E-state index < -0.39 is 0 Å². The Bertz CT molecular complexity index is 855. The van der Waals surface area contributed by atoms with Crippen LogP contribution < -0.4 is 0 Å². The minimum absolute atomic E-state index is 0.0332. The lowest BCUT2D eigenvalue weighted by Crippen LogP contribution is -2.54. The maximum atomic E-state index is 10.5. The standard InChI is InChI=1S/C20H33NO.C7H13N3O2/c1-19-10-8-14(21-3)12-13(19)4-5-15-16-6-7-18(22)20(16,2)11-9-17(15)19;1-10(2)5-6-8-7(3-4-11)12-9-6/h13,15-18,22H,4-12H2,1-3H3;11H,3-5H2,1-2H3/t13?,15?,16?,17?,18-,19-,20-;/m0./s1. The molecule has 0 amide bonds. The molecule has 7 nitrogen and oxygen atoms in total. The molecule has 0 spiro atoms. The first-order valence-electron chi connectivity index (χ1n) is 13.4. The van der Waals surface area contributed by atoms with Crippen LogP contribution >= 0.6 is 0 Å². The summed E-state index contributed by atoms with van der Waals surface area (Å²) < 4.78 is 4.86.